The van der Waals surface area contributed by atoms with Crippen LogP contribution in [-0.4, -0.2) is 70.2 Å². The number of halogens is 1. The quantitative estimate of drug-likeness (QED) is 0.703. The molecule has 0 aliphatic carbocycles. The van der Waals surface area contributed by atoms with Crippen LogP contribution in [0, 0.1) is 0 Å². The van der Waals surface area contributed by atoms with Crippen LogP contribution in [0.5, 0.6) is 0 Å². The average Bonchev–Trinajstić information content (AvgIpc) is 2.90. The molecule has 0 radical (unpaired) electrons. The summed E-state index contributed by atoms with van der Waals surface area (Å²) in [5, 5.41) is 3.59. The molecule has 1 N–H and O–H groups in total. The molecule has 2 saturated heterocycles. The minimum absolute atomic E-state index is 0.129. The number of rotatable bonds is 2. The molecule has 0 saturated carbocycles. The van der Waals surface area contributed by atoms with E-state index in [0.29, 0.717) is 25.9 Å². The van der Waals surface area contributed by atoms with Crippen LogP contribution in [0.2, 0.25) is 5.02 Å². The van der Waals surface area contributed by atoms with Gasteiger partial charge >= 0.3 is 12.1 Å². The first kappa shape index (κ1) is 21.9. The molecule has 1 aromatic carbocycles. The number of urea groups is 1. The van der Waals surface area contributed by atoms with Crippen LogP contribution in [0.3, 0.4) is 0 Å². The average molecular weight is 449 g/mol. The Labute approximate surface area is 187 Å². The van der Waals surface area contributed by atoms with Crippen LogP contribution in [-0.2, 0) is 22.5 Å². The van der Waals surface area contributed by atoms with Crippen molar-refractivity contribution in [3.05, 3.63) is 34.3 Å². The number of carbonyl (C=O) groups excluding carboxylic acids is 3. The molecule has 4 amide bonds. The van der Waals surface area contributed by atoms with Crippen LogP contribution < -0.4 is 5.32 Å². The SMILES string of the molecule is CC(C)(C)OC(=O)N1CCCC2(C1)NC(=O)N(CN1CCc3cc(Cl)ccc3C1)C2=O. The summed E-state index contributed by atoms with van der Waals surface area (Å²) in [5.74, 6) is -0.271. The van der Waals surface area contributed by atoms with Crippen molar-refractivity contribution in [2.45, 2.75) is 57.7 Å². The number of nitrogens with one attached hydrogen (secondary N) is 1. The molecule has 1 spiro atoms. The Balaban J connectivity index is 1.44. The van der Waals surface area contributed by atoms with Gasteiger partial charge in [-0.3, -0.25) is 9.69 Å². The van der Waals surface area contributed by atoms with Crippen molar-refractivity contribution in [1.82, 2.24) is 20.0 Å². The van der Waals surface area contributed by atoms with E-state index in [0.717, 1.165) is 23.6 Å². The molecule has 1 atom stereocenters. The first-order valence-electron chi connectivity index (χ1n) is 10.7. The lowest BCUT2D eigenvalue weighted by atomic mass is 9.89. The Kier molecular flexibility index (Phi) is 5.64. The first-order valence-corrected chi connectivity index (χ1v) is 11.1. The van der Waals surface area contributed by atoms with Gasteiger partial charge in [0.1, 0.15) is 11.1 Å². The van der Waals surface area contributed by atoms with Crippen molar-refractivity contribution < 1.29 is 19.1 Å². The van der Waals surface area contributed by atoms with Gasteiger partial charge < -0.3 is 15.0 Å². The fourth-order valence-electron chi connectivity index (χ4n) is 4.52. The zero-order valence-electron chi connectivity index (χ0n) is 18.2. The maximum atomic E-state index is 13.3. The lowest BCUT2D eigenvalue weighted by molar-refractivity contribution is -0.134. The van der Waals surface area contributed by atoms with E-state index in [2.05, 4.69) is 10.2 Å². The highest BCUT2D eigenvalue weighted by molar-refractivity contribution is 6.30. The third-order valence-electron chi connectivity index (χ3n) is 5.99. The second-order valence-electron chi connectivity index (χ2n) is 9.61. The van der Waals surface area contributed by atoms with E-state index < -0.39 is 23.3 Å². The second-order valence-corrected chi connectivity index (χ2v) is 10.0. The summed E-state index contributed by atoms with van der Waals surface area (Å²) >= 11 is 6.08. The van der Waals surface area contributed by atoms with Gasteiger partial charge in [0.15, 0.2) is 0 Å². The zero-order valence-corrected chi connectivity index (χ0v) is 19.0. The molecule has 9 heteroatoms. The second kappa shape index (κ2) is 7.98. The molecule has 0 aromatic heterocycles. The lowest BCUT2D eigenvalue weighted by Gasteiger charge is -2.39. The summed E-state index contributed by atoms with van der Waals surface area (Å²) in [4.78, 5) is 43.5. The fourth-order valence-corrected chi connectivity index (χ4v) is 4.71. The number of nitrogens with zero attached hydrogens (tertiary/aromatic N) is 3. The maximum Gasteiger partial charge on any atom is 0.410 e. The number of ether oxygens (including phenoxy) is 1. The molecule has 1 unspecified atom stereocenters. The summed E-state index contributed by atoms with van der Waals surface area (Å²) < 4.78 is 5.46. The molecule has 31 heavy (non-hydrogen) atoms. The van der Waals surface area contributed by atoms with Crippen molar-refractivity contribution in [2.75, 3.05) is 26.3 Å². The molecule has 3 aliphatic rings. The van der Waals surface area contributed by atoms with Gasteiger partial charge in [-0.1, -0.05) is 17.7 Å². The van der Waals surface area contributed by atoms with Crippen LogP contribution >= 0.6 is 11.6 Å². The van der Waals surface area contributed by atoms with E-state index in [9.17, 15) is 14.4 Å². The van der Waals surface area contributed by atoms with E-state index in [1.54, 1.807) is 20.8 Å². The van der Waals surface area contributed by atoms with Gasteiger partial charge in [-0.05, 0) is 63.3 Å². The molecule has 2 fully saturated rings. The third kappa shape index (κ3) is 4.50. The van der Waals surface area contributed by atoms with Gasteiger partial charge in [0.25, 0.3) is 5.91 Å². The summed E-state index contributed by atoms with van der Waals surface area (Å²) in [6.45, 7) is 7.66. The summed E-state index contributed by atoms with van der Waals surface area (Å²) in [5.41, 5.74) is 0.669. The number of likely N-dealkylation sites (tertiary alicyclic amines) is 1. The highest BCUT2D eigenvalue weighted by atomic mass is 35.5. The zero-order chi connectivity index (χ0) is 22.4. The Morgan fingerprint density at radius 2 is 2.00 bits per heavy atom. The largest absolute Gasteiger partial charge is 0.444 e. The minimum Gasteiger partial charge on any atom is -0.444 e. The number of carbonyl (C=O) groups is 3. The van der Waals surface area contributed by atoms with E-state index in [1.807, 2.05) is 18.2 Å². The molecule has 8 nitrogen and oxygen atoms in total. The minimum atomic E-state index is -1.08. The van der Waals surface area contributed by atoms with Crippen LogP contribution in [0.15, 0.2) is 18.2 Å². The van der Waals surface area contributed by atoms with Gasteiger partial charge in [-0.25, -0.2) is 14.5 Å². The van der Waals surface area contributed by atoms with Gasteiger partial charge in [-0.2, -0.15) is 0 Å². The number of hydrogen-bond donors (Lipinski definition) is 1. The highest BCUT2D eigenvalue weighted by Gasteiger charge is 2.54. The fraction of sp³-hybridized carbons (Fsp3) is 0.591. The van der Waals surface area contributed by atoms with Crippen molar-refractivity contribution in [3.63, 3.8) is 0 Å². The van der Waals surface area contributed by atoms with Crippen molar-refractivity contribution in [2.24, 2.45) is 0 Å². The number of piperidine rings is 1. The number of amides is 4. The predicted molar refractivity (Wildman–Crippen MR) is 116 cm³/mol. The molecule has 3 aliphatic heterocycles. The number of benzene rings is 1. The standard InChI is InChI=1S/C22H29ClN4O4/c1-21(2,3)31-20(30)26-9-4-8-22(13-26)18(28)27(19(29)24-22)14-25-10-7-15-11-17(23)6-5-16(15)12-25/h5-6,11H,4,7-10,12-14H2,1-3H3,(H,24,29). The highest BCUT2D eigenvalue weighted by Crippen LogP contribution is 2.30. The number of hydrogen-bond acceptors (Lipinski definition) is 5. The van der Waals surface area contributed by atoms with Crippen molar-refractivity contribution >= 4 is 29.6 Å². The van der Waals surface area contributed by atoms with E-state index >= 15 is 0 Å². The van der Waals surface area contributed by atoms with Gasteiger partial charge in [0.2, 0.25) is 0 Å². The van der Waals surface area contributed by atoms with Crippen molar-refractivity contribution in [3.8, 4) is 0 Å². The summed E-state index contributed by atoms with van der Waals surface area (Å²) in [6, 6.07) is 5.43. The third-order valence-corrected chi connectivity index (χ3v) is 6.23. The van der Waals surface area contributed by atoms with Crippen LogP contribution in [0.1, 0.15) is 44.7 Å². The summed E-state index contributed by atoms with van der Waals surface area (Å²) in [6.07, 6.45) is 1.49. The van der Waals surface area contributed by atoms with E-state index in [-0.39, 0.29) is 19.1 Å². The van der Waals surface area contributed by atoms with Crippen molar-refractivity contribution in [1.29, 1.82) is 0 Å². The van der Waals surface area contributed by atoms with Gasteiger partial charge in [-0.15, -0.1) is 0 Å². The van der Waals surface area contributed by atoms with Crippen LogP contribution in [0.25, 0.3) is 0 Å². The maximum absolute atomic E-state index is 13.3. The topological polar surface area (TPSA) is 82.2 Å². The van der Waals surface area contributed by atoms with E-state index in [1.165, 1.54) is 15.4 Å². The van der Waals surface area contributed by atoms with Gasteiger partial charge in [0.05, 0.1) is 13.2 Å². The summed E-state index contributed by atoms with van der Waals surface area (Å²) in [7, 11) is 0. The molecule has 4 rings (SSSR count). The van der Waals surface area contributed by atoms with Crippen LogP contribution in [0.4, 0.5) is 9.59 Å². The molecule has 3 heterocycles. The monoisotopic (exact) mass is 448 g/mol. The molecule has 168 valence electrons. The number of imide groups is 1. The lowest BCUT2D eigenvalue weighted by Crippen LogP contribution is -2.60. The first-order chi connectivity index (χ1) is 14.6. The molecule has 1 aromatic rings. The Hall–Kier alpha value is -2.32. The Morgan fingerprint density at radius 3 is 2.74 bits per heavy atom. The smallest absolute Gasteiger partial charge is 0.410 e. The molecular weight excluding hydrogens is 420 g/mol. The number of fused-ring (bicyclic) bond motifs is 1. The van der Waals surface area contributed by atoms with Gasteiger partial charge in [0, 0.05) is 24.7 Å². The molecule has 0 bridgehead atoms. The molecular formula is C22H29ClN4O4. The van der Waals surface area contributed by atoms with E-state index in [4.69, 9.17) is 16.3 Å². The predicted octanol–water partition coefficient (Wildman–Crippen LogP) is 2.98. The Bertz CT molecular complexity index is 915. The Morgan fingerprint density at radius 1 is 1.23 bits per heavy atom. The normalized spacial score (nSPS) is 24.4.